The zero-order valence-electron chi connectivity index (χ0n) is 9.48. The molecule has 0 fully saturated rings. The lowest BCUT2D eigenvalue weighted by Gasteiger charge is -2.08. The van der Waals surface area contributed by atoms with Crippen LogP contribution in [0.15, 0.2) is 28.3 Å². The first-order valence-electron chi connectivity index (χ1n) is 5.08. The summed E-state index contributed by atoms with van der Waals surface area (Å²) in [6.45, 7) is 3.46. The maximum absolute atomic E-state index is 13.4. The quantitative estimate of drug-likeness (QED) is 0.840. The van der Waals surface area contributed by atoms with Crippen molar-refractivity contribution in [2.75, 3.05) is 5.32 Å². The van der Waals surface area contributed by atoms with Crippen molar-refractivity contribution < 1.29 is 13.6 Å². The Morgan fingerprint density at radius 3 is 2.41 bits per heavy atom. The third kappa shape index (κ3) is 3.63. The number of allylic oxidation sites excluding steroid dienone is 1. The van der Waals surface area contributed by atoms with Gasteiger partial charge in [-0.05, 0) is 25.5 Å². The first kappa shape index (κ1) is 13.8. The van der Waals surface area contributed by atoms with Crippen LogP contribution >= 0.6 is 15.9 Å². The van der Waals surface area contributed by atoms with Gasteiger partial charge in [-0.2, -0.15) is 0 Å². The molecule has 2 nitrogen and oxygen atoms in total. The van der Waals surface area contributed by atoms with Crippen LogP contribution in [0.4, 0.5) is 14.5 Å². The summed E-state index contributed by atoms with van der Waals surface area (Å²) < 4.78 is 27.1. The molecule has 1 rings (SSSR count). The molecule has 1 N–H and O–H groups in total. The Morgan fingerprint density at radius 2 is 1.94 bits per heavy atom. The van der Waals surface area contributed by atoms with Crippen LogP contribution in [-0.2, 0) is 4.79 Å². The monoisotopic (exact) mass is 303 g/mol. The molecule has 1 aromatic carbocycles. The molecule has 0 unspecified atom stereocenters. The van der Waals surface area contributed by atoms with Crippen LogP contribution in [0.5, 0.6) is 0 Å². The van der Waals surface area contributed by atoms with Crippen molar-refractivity contribution in [3.8, 4) is 0 Å². The number of carbonyl (C=O) groups excluding carboxylic acids is 1. The van der Waals surface area contributed by atoms with Crippen molar-refractivity contribution in [2.45, 2.75) is 20.3 Å². The molecule has 0 aromatic heterocycles. The molecule has 0 aliphatic rings. The van der Waals surface area contributed by atoms with E-state index in [1.165, 1.54) is 0 Å². The molecule has 0 radical (unpaired) electrons. The second-order valence-corrected chi connectivity index (χ2v) is 4.41. The third-order valence-electron chi connectivity index (χ3n) is 2.11. The maximum Gasteiger partial charge on any atom is 0.251 e. The molecular formula is C12H12BrF2NO. The molecule has 0 spiro atoms. The average Bonchev–Trinajstić information content (AvgIpc) is 2.23. The van der Waals surface area contributed by atoms with Gasteiger partial charge in [0.1, 0.15) is 5.69 Å². The first-order valence-corrected chi connectivity index (χ1v) is 5.87. The van der Waals surface area contributed by atoms with E-state index in [0.717, 1.165) is 12.1 Å². The Balaban J connectivity index is 2.97. The fraction of sp³-hybridized carbons (Fsp3) is 0.250. The summed E-state index contributed by atoms with van der Waals surface area (Å²) in [5.74, 6) is -2.13. The summed E-state index contributed by atoms with van der Waals surface area (Å²) in [5.41, 5.74) is -0.00345. The number of halogens is 3. The van der Waals surface area contributed by atoms with Crippen LogP contribution in [0.2, 0.25) is 0 Å². The highest BCUT2D eigenvalue weighted by Crippen LogP contribution is 2.24. The molecule has 0 heterocycles. The lowest BCUT2D eigenvalue weighted by atomic mass is 10.2. The summed E-state index contributed by atoms with van der Waals surface area (Å²) in [4.78, 5) is 11.6. The number of nitrogens with one attached hydrogen (secondary N) is 1. The normalized spacial score (nSPS) is 11.5. The molecule has 1 amide bonds. The molecule has 92 valence electrons. The Kier molecular flexibility index (Phi) is 4.81. The van der Waals surface area contributed by atoms with Crippen LogP contribution in [0.1, 0.15) is 20.3 Å². The topological polar surface area (TPSA) is 29.1 Å². The minimum absolute atomic E-state index is 0.284. The predicted molar refractivity (Wildman–Crippen MR) is 66.7 cm³/mol. The largest absolute Gasteiger partial charge is 0.317 e. The Morgan fingerprint density at radius 1 is 1.41 bits per heavy atom. The number of anilines is 1. The van der Waals surface area contributed by atoms with Crippen molar-refractivity contribution in [3.05, 3.63) is 39.9 Å². The number of benzene rings is 1. The van der Waals surface area contributed by atoms with Crippen LogP contribution < -0.4 is 5.32 Å². The van der Waals surface area contributed by atoms with Gasteiger partial charge in [-0.25, -0.2) is 8.78 Å². The van der Waals surface area contributed by atoms with E-state index in [4.69, 9.17) is 0 Å². The molecule has 0 atom stereocenters. The molecule has 17 heavy (non-hydrogen) atoms. The van der Waals surface area contributed by atoms with Gasteiger partial charge in [0, 0.05) is 10.0 Å². The predicted octanol–water partition coefficient (Wildman–Crippen LogP) is 4.02. The summed E-state index contributed by atoms with van der Waals surface area (Å²) in [6, 6.07) is 2.19. The van der Waals surface area contributed by atoms with E-state index in [2.05, 4.69) is 21.2 Å². The van der Waals surface area contributed by atoms with Gasteiger partial charge >= 0.3 is 0 Å². The Labute approximate surface area is 107 Å². The van der Waals surface area contributed by atoms with Gasteiger partial charge < -0.3 is 5.32 Å². The first-order chi connectivity index (χ1) is 7.95. The fourth-order valence-corrected chi connectivity index (χ4v) is 1.67. The summed E-state index contributed by atoms with van der Waals surface area (Å²) in [6.07, 6.45) is 2.37. The SMILES string of the molecule is CCC=C(C)C(=O)Nc1c(F)cc(Br)cc1F. The standard InChI is InChI=1S/C12H12BrF2NO/c1-3-4-7(2)12(17)16-11-9(14)5-8(13)6-10(11)15/h4-6H,3H2,1-2H3,(H,16,17). The second-order valence-electron chi connectivity index (χ2n) is 3.49. The van der Waals surface area contributed by atoms with E-state index in [0.29, 0.717) is 12.0 Å². The molecule has 0 aliphatic heterocycles. The van der Waals surface area contributed by atoms with Gasteiger partial charge in [0.15, 0.2) is 11.6 Å². The lowest BCUT2D eigenvalue weighted by Crippen LogP contribution is -2.15. The van der Waals surface area contributed by atoms with Crippen LogP contribution in [0.3, 0.4) is 0 Å². The molecule has 0 saturated heterocycles. The summed E-state index contributed by atoms with van der Waals surface area (Å²) in [5, 5.41) is 2.21. The molecule has 0 saturated carbocycles. The van der Waals surface area contributed by atoms with Gasteiger partial charge in [-0.1, -0.05) is 28.9 Å². The van der Waals surface area contributed by atoms with Crippen molar-refractivity contribution in [1.29, 1.82) is 0 Å². The van der Waals surface area contributed by atoms with Crippen molar-refractivity contribution in [2.24, 2.45) is 0 Å². The van der Waals surface area contributed by atoms with Crippen molar-refractivity contribution in [3.63, 3.8) is 0 Å². The summed E-state index contributed by atoms with van der Waals surface area (Å²) >= 11 is 2.96. The van der Waals surface area contributed by atoms with Crippen LogP contribution in [0, 0.1) is 11.6 Å². The molecule has 5 heteroatoms. The third-order valence-corrected chi connectivity index (χ3v) is 2.57. The van der Waals surface area contributed by atoms with E-state index in [1.807, 2.05) is 6.92 Å². The number of carbonyl (C=O) groups is 1. The van der Waals surface area contributed by atoms with Gasteiger partial charge in [0.2, 0.25) is 0 Å². The minimum atomic E-state index is -0.811. The number of hydrogen-bond donors (Lipinski definition) is 1. The Bertz CT molecular complexity index is 449. The van der Waals surface area contributed by atoms with E-state index < -0.39 is 23.2 Å². The second kappa shape index (κ2) is 5.91. The highest BCUT2D eigenvalue weighted by Gasteiger charge is 2.14. The Hall–Kier alpha value is -1.23. The van der Waals surface area contributed by atoms with Crippen LogP contribution in [0.25, 0.3) is 0 Å². The van der Waals surface area contributed by atoms with Gasteiger partial charge in [0.25, 0.3) is 5.91 Å². The smallest absolute Gasteiger partial charge is 0.251 e. The van der Waals surface area contributed by atoms with E-state index >= 15 is 0 Å². The molecular weight excluding hydrogens is 292 g/mol. The van der Waals surface area contributed by atoms with Crippen LogP contribution in [-0.4, -0.2) is 5.91 Å². The number of hydrogen-bond acceptors (Lipinski definition) is 1. The zero-order chi connectivity index (χ0) is 13.0. The lowest BCUT2D eigenvalue weighted by molar-refractivity contribution is -0.112. The highest BCUT2D eigenvalue weighted by molar-refractivity contribution is 9.10. The van der Waals surface area contributed by atoms with Gasteiger partial charge in [0.05, 0.1) is 0 Å². The average molecular weight is 304 g/mol. The van der Waals surface area contributed by atoms with Crippen molar-refractivity contribution >= 4 is 27.5 Å². The van der Waals surface area contributed by atoms with E-state index in [9.17, 15) is 13.6 Å². The maximum atomic E-state index is 13.4. The summed E-state index contributed by atoms with van der Waals surface area (Å²) in [7, 11) is 0. The van der Waals surface area contributed by atoms with Gasteiger partial charge in [-0.15, -0.1) is 0 Å². The highest BCUT2D eigenvalue weighted by atomic mass is 79.9. The minimum Gasteiger partial charge on any atom is -0.317 e. The molecule has 0 aliphatic carbocycles. The van der Waals surface area contributed by atoms with E-state index in [1.54, 1.807) is 13.0 Å². The van der Waals surface area contributed by atoms with Crippen molar-refractivity contribution in [1.82, 2.24) is 0 Å². The number of rotatable bonds is 3. The fourth-order valence-electron chi connectivity index (χ4n) is 1.27. The molecule has 1 aromatic rings. The number of amides is 1. The zero-order valence-corrected chi connectivity index (χ0v) is 11.1. The van der Waals surface area contributed by atoms with Gasteiger partial charge in [-0.3, -0.25) is 4.79 Å². The van der Waals surface area contributed by atoms with E-state index in [-0.39, 0.29) is 4.47 Å². The molecule has 0 bridgehead atoms.